The summed E-state index contributed by atoms with van der Waals surface area (Å²) in [4.78, 5) is 26.3. The smallest absolute Gasteiger partial charge is 0.303 e. The topological polar surface area (TPSA) is 120 Å². The summed E-state index contributed by atoms with van der Waals surface area (Å²) in [6, 6.07) is 19.4. The molecule has 192 valence electrons. The Kier molecular flexibility index (Phi) is 8.92. The van der Waals surface area contributed by atoms with Gasteiger partial charge >= 0.3 is 11.9 Å². The summed E-state index contributed by atoms with van der Waals surface area (Å²) in [5.74, 6) is -1.09. The molecule has 0 aromatic heterocycles. The quantitative estimate of drug-likeness (QED) is 0.167. The molecular weight excluding hydrogens is 478 g/mol. The molecule has 2 aromatic carbocycles. The minimum absolute atomic E-state index is 0.122. The van der Waals surface area contributed by atoms with Crippen LogP contribution >= 0.6 is 0 Å². The molecule has 0 spiro atoms. The Hall–Kier alpha value is -3.17. The predicted molar refractivity (Wildman–Crippen MR) is 137 cm³/mol. The van der Waals surface area contributed by atoms with Crippen LogP contribution in [0.4, 0.5) is 0 Å². The first-order chi connectivity index (χ1) is 17.1. The van der Waals surface area contributed by atoms with Crippen LogP contribution in [0.2, 0.25) is 5.04 Å². The summed E-state index contributed by atoms with van der Waals surface area (Å²) in [6.45, 7) is 8.88. The summed E-state index contributed by atoms with van der Waals surface area (Å²) in [6.07, 6.45) is -2.41. The summed E-state index contributed by atoms with van der Waals surface area (Å²) in [7, 11) is -2.97. The first kappa shape index (κ1) is 27.4. The van der Waals surface area contributed by atoms with Crippen molar-refractivity contribution in [3.05, 3.63) is 71.1 Å². The first-order valence-electron chi connectivity index (χ1n) is 11.9. The molecule has 1 aliphatic heterocycles. The van der Waals surface area contributed by atoms with Crippen LogP contribution < -0.4 is 10.4 Å². The van der Waals surface area contributed by atoms with E-state index in [2.05, 4.69) is 55.1 Å². The Morgan fingerprint density at radius 1 is 1.06 bits per heavy atom. The van der Waals surface area contributed by atoms with Crippen molar-refractivity contribution in [3.8, 4) is 0 Å². The molecule has 0 amide bonds. The minimum atomic E-state index is -2.97. The average molecular weight is 512 g/mol. The van der Waals surface area contributed by atoms with E-state index in [0.717, 1.165) is 10.4 Å². The number of ether oxygens (including phenoxy) is 3. The van der Waals surface area contributed by atoms with Crippen LogP contribution in [0.15, 0.2) is 65.8 Å². The number of azide groups is 1. The largest absolute Gasteiger partial charge is 0.462 e. The maximum atomic E-state index is 11.8. The highest BCUT2D eigenvalue weighted by atomic mass is 28.4. The van der Waals surface area contributed by atoms with E-state index in [1.54, 1.807) is 0 Å². The van der Waals surface area contributed by atoms with Crippen LogP contribution in [0, 0.1) is 0 Å². The molecule has 1 saturated heterocycles. The zero-order valence-corrected chi connectivity index (χ0v) is 22.3. The van der Waals surface area contributed by atoms with Gasteiger partial charge in [-0.3, -0.25) is 9.59 Å². The van der Waals surface area contributed by atoms with Crippen molar-refractivity contribution in [1.29, 1.82) is 0 Å². The second kappa shape index (κ2) is 11.7. The molecule has 0 unspecified atom stereocenters. The van der Waals surface area contributed by atoms with Gasteiger partial charge in [0, 0.05) is 18.8 Å². The lowest BCUT2D eigenvalue weighted by atomic mass is 10.0. The second-order valence-electron chi connectivity index (χ2n) is 9.76. The van der Waals surface area contributed by atoms with Gasteiger partial charge in [-0.05, 0) is 20.9 Å². The van der Waals surface area contributed by atoms with Crippen molar-refractivity contribution in [2.45, 2.75) is 64.0 Å². The Morgan fingerprint density at radius 2 is 1.61 bits per heavy atom. The molecular formula is C26H33N3O6Si. The number of carbonyl (C=O) groups excluding carboxylic acids is 2. The summed E-state index contributed by atoms with van der Waals surface area (Å²) >= 11 is 0. The molecule has 1 fully saturated rings. The fourth-order valence-electron chi connectivity index (χ4n) is 4.77. The van der Waals surface area contributed by atoms with Crippen molar-refractivity contribution < 1.29 is 28.2 Å². The van der Waals surface area contributed by atoms with Gasteiger partial charge in [0.25, 0.3) is 8.32 Å². The second-order valence-corrected chi connectivity index (χ2v) is 14.0. The molecule has 0 N–H and O–H groups in total. The van der Waals surface area contributed by atoms with Gasteiger partial charge < -0.3 is 18.6 Å². The third-order valence-corrected chi connectivity index (χ3v) is 11.3. The van der Waals surface area contributed by atoms with Gasteiger partial charge in [-0.25, -0.2) is 0 Å². The molecule has 36 heavy (non-hydrogen) atoms. The Bertz CT molecular complexity index is 1050. The molecule has 9 nitrogen and oxygen atoms in total. The van der Waals surface area contributed by atoms with Gasteiger partial charge in [-0.2, -0.15) is 0 Å². The van der Waals surface area contributed by atoms with Crippen molar-refractivity contribution in [1.82, 2.24) is 0 Å². The predicted octanol–water partition coefficient (Wildman–Crippen LogP) is 3.50. The summed E-state index contributed by atoms with van der Waals surface area (Å²) in [5.41, 5.74) is 9.40. The third kappa shape index (κ3) is 5.96. The van der Waals surface area contributed by atoms with Crippen molar-refractivity contribution in [2.24, 2.45) is 5.11 Å². The Labute approximate surface area is 212 Å². The molecule has 1 heterocycles. The van der Waals surface area contributed by atoms with Crippen molar-refractivity contribution in [3.63, 3.8) is 0 Å². The molecule has 0 aliphatic carbocycles. The van der Waals surface area contributed by atoms with E-state index in [9.17, 15) is 15.1 Å². The van der Waals surface area contributed by atoms with E-state index in [-0.39, 0.29) is 18.3 Å². The van der Waals surface area contributed by atoms with Gasteiger partial charge in [-0.15, -0.1) is 0 Å². The normalized spacial score (nSPS) is 20.8. The van der Waals surface area contributed by atoms with Crippen molar-refractivity contribution in [2.75, 3.05) is 13.2 Å². The number of esters is 2. The van der Waals surface area contributed by atoms with Gasteiger partial charge in [0.15, 0.2) is 6.10 Å². The highest BCUT2D eigenvalue weighted by Crippen LogP contribution is 2.39. The van der Waals surface area contributed by atoms with Gasteiger partial charge in [-0.1, -0.05) is 86.5 Å². The maximum Gasteiger partial charge on any atom is 0.303 e. The van der Waals surface area contributed by atoms with Crippen LogP contribution in [0.5, 0.6) is 0 Å². The van der Waals surface area contributed by atoms with E-state index < -0.39 is 44.6 Å². The van der Waals surface area contributed by atoms with Gasteiger partial charge in [0.05, 0.1) is 18.8 Å². The maximum absolute atomic E-state index is 11.8. The number of nitrogens with zero attached hydrogens (tertiary/aromatic N) is 3. The Balaban J connectivity index is 2.07. The van der Waals surface area contributed by atoms with E-state index in [0.29, 0.717) is 0 Å². The monoisotopic (exact) mass is 511 g/mol. The van der Waals surface area contributed by atoms with Crippen LogP contribution in [-0.4, -0.2) is 57.8 Å². The van der Waals surface area contributed by atoms with Gasteiger partial charge in [0.2, 0.25) is 0 Å². The van der Waals surface area contributed by atoms with E-state index >= 15 is 0 Å². The summed E-state index contributed by atoms with van der Waals surface area (Å²) in [5, 5.41) is 5.86. The lowest BCUT2D eigenvalue weighted by Crippen LogP contribution is -2.68. The Morgan fingerprint density at radius 3 is 2.06 bits per heavy atom. The molecule has 1 aliphatic rings. The van der Waals surface area contributed by atoms with E-state index in [1.165, 1.54) is 13.8 Å². The standard InChI is InChI=1S/C26H33N3O6Si/c1-18(30)32-17-23(34-19(2)31)25-24(28-29-27)22(16-33-25)35-36(26(3,4)5,20-12-8-6-9-13-20)21-14-10-7-11-15-21/h6-15,22-25H,16-17H2,1-5H3/t22-,23+,24+,25+/m0/s1. The van der Waals surface area contributed by atoms with E-state index in [4.69, 9.17) is 18.6 Å². The highest BCUT2D eigenvalue weighted by Gasteiger charge is 2.55. The number of carbonyl (C=O) groups is 2. The third-order valence-electron chi connectivity index (χ3n) is 6.24. The molecule has 0 bridgehead atoms. The average Bonchev–Trinajstić information content (AvgIpc) is 3.22. The zero-order chi connectivity index (χ0) is 26.3. The fraction of sp³-hybridized carbons (Fsp3) is 0.462. The highest BCUT2D eigenvalue weighted by molar-refractivity contribution is 6.99. The minimum Gasteiger partial charge on any atom is -0.462 e. The summed E-state index contributed by atoms with van der Waals surface area (Å²) < 4.78 is 23.7. The molecule has 2 aromatic rings. The molecule has 3 rings (SSSR count). The van der Waals surface area contributed by atoms with Crippen LogP contribution in [0.25, 0.3) is 10.4 Å². The molecule has 4 atom stereocenters. The number of rotatable bonds is 9. The first-order valence-corrected chi connectivity index (χ1v) is 13.8. The molecule has 0 radical (unpaired) electrons. The number of hydrogen-bond donors (Lipinski definition) is 0. The van der Waals surface area contributed by atoms with E-state index in [1.807, 2.05) is 36.4 Å². The molecule has 10 heteroatoms. The molecule has 0 saturated carbocycles. The SMILES string of the molecule is CC(=O)OC[C@@H](OC(C)=O)[C@H]1OC[C@H](O[Si](c2ccccc2)(c2ccccc2)C(C)(C)C)[C@H]1N=[N+]=[N-]. The fourth-order valence-corrected chi connectivity index (χ4v) is 9.45. The van der Waals surface area contributed by atoms with Crippen molar-refractivity contribution >= 4 is 30.6 Å². The van der Waals surface area contributed by atoms with Crippen LogP contribution in [0.1, 0.15) is 34.6 Å². The lowest BCUT2D eigenvalue weighted by Gasteiger charge is -2.45. The van der Waals surface area contributed by atoms with Crippen LogP contribution in [0.3, 0.4) is 0 Å². The van der Waals surface area contributed by atoms with Gasteiger partial charge in [0.1, 0.15) is 12.7 Å². The van der Waals surface area contributed by atoms with Crippen LogP contribution in [-0.2, 0) is 28.2 Å². The lowest BCUT2D eigenvalue weighted by molar-refractivity contribution is -0.164. The number of benzene rings is 2. The number of hydrogen-bond acceptors (Lipinski definition) is 7. The zero-order valence-electron chi connectivity index (χ0n) is 21.3.